The van der Waals surface area contributed by atoms with Gasteiger partial charge in [-0.2, -0.15) is 0 Å². The molecule has 2 N–H and O–H groups in total. The zero-order valence-corrected chi connectivity index (χ0v) is 16.8. The van der Waals surface area contributed by atoms with Gasteiger partial charge in [0.2, 0.25) is 0 Å². The molecule has 0 aliphatic carbocycles. The Balaban J connectivity index is 2.33. The lowest BCUT2D eigenvalue weighted by Gasteiger charge is -2.29. The molecule has 0 spiro atoms. The fraction of sp³-hybridized carbons (Fsp3) is 0.478. The summed E-state index contributed by atoms with van der Waals surface area (Å²) in [7, 11) is 0. The van der Waals surface area contributed by atoms with E-state index in [-0.39, 0.29) is 16.9 Å². The normalized spacial score (nSPS) is 13.7. The molecule has 2 rings (SSSR count). The lowest BCUT2D eigenvalue weighted by molar-refractivity contribution is 0.447. The molecule has 0 bridgehead atoms. The number of phenolic OH excluding ortho intramolecular Hbond substituents is 1. The Kier molecular flexibility index (Phi) is 5.63. The number of hydrogen-bond acceptors (Lipinski definition) is 2. The number of phenols is 1. The number of nitrogens with one attached hydrogen (secondary N) is 1. The summed E-state index contributed by atoms with van der Waals surface area (Å²) in [6.45, 7) is 16.0. The van der Waals surface area contributed by atoms with Crippen LogP contribution in [0.4, 0.5) is 0 Å². The average Bonchev–Trinajstić information content (AvgIpc) is 2.51. The summed E-state index contributed by atoms with van der Waals surface area (Å²) < 4.78 is 0. The Morgan fingerprint density at radius 1 is 0.920 bits per heavy atom. The summed E-state index contributed by atoms with van der Waals surface area (Å²) in [6, 6.07) is 14.8. The van der Waals surface area contributed by atoms with Crippen LogP contribution < -0.4 is 5.32 Å². The minimum Gasteiger partial charge on any atom is -0.508 e. The van der Waals surface area contributed by atoms with Crippen molar-refractivity contribution < 1.29 is 5.11 Å². The molecule has 0 aromatic heterocycles. The Hall–Kier alpha value is -1.80. The Morgan fingerprint density at radius 2 is 1.52 bits per heavy atom. The average molecular weight is 340 g/mol. The first kappa shape index (κ1) is 19.5. The van der Waals surface area contributed by atoms with Crippen LogP contribution >= 0.6 is 0 Å². The molecule has 0 saturated carbocycles. The molecule has 136 valence electrons. The molecule has 0 unspecified atom stereocenters. The highest BCUT2D eigenvalue weighted by Crippen LogP contribution is 2.36. The molecule has 25 heavy (non-hydrogen) atoms. The van der Waals surface area contributed by atoms with Crippen LogP contribution in [0.1, 0.15) is 76.8 Å². The van der Waals surface area contributed by atoms with Gasteiger partial charge in [-0.3, -0.25) is 0 Å². The molecule has 2 aromatic rings. The first-order valence-electron chi connectivity index (χ1n) is 9.15. The predicted molar refractivity (Wildman–Crippen MR) is 107 cm³/mol. The van der Waals surface area contributed by atoms with Crippen LogP contribution in [-0.4, -0.2) is 5.11 Å². The van der Waals surface area contributed by atoms with Crippen molar-refractivity contribution in [2.24, 2.45) is 0 Å². The predicted octanol–water partition coefficient (Wildman–Crippen LogP) is 5.84. The third-order valence-electron chi connectivity index (χ3n) is 4.79. The van der Waals surface area contributed by atoms with E-state index >= 15 is 0 Å². The van der Waals surface area contributed by atoms with Crippen molar-refractivity contribution in [2.45, 2.75) is 71.9 Å². The molecule has 0 aliphatic heterocycles. The molecular formula is C23H33NO. The highest BCUT2D eigenvalue weighted by atomic mass is 16.3. The van der Waals surface area contributed by atoms with Gasteiger partial charge in [0.05, 0.1) is 0 Å². The van der Waals surface area contributed by atoms with Gasteiger partial charge in [-0.1, -0.05) is 77.9 Å². The topological polar surface area (TPSA) is 32.3 Å². The maximum absolute atomic E-state index is 10.7. The van der Waals surface area contributed by atoms with E-state index in [0.29, 0.717) is 12.3 Å². The van der Waals surface area contributed by atoms with Gasteiger partial charge in [-0.15, -0.1) is 0 Å². The van der Waals surface area contributed by atoms with Crippen molar-refractivity contribution in [2.75, 3.05) is 0 Å². The molecule has 0 saturated heterocycles. The molecule has 2 aromatic carbocycles. The highest BCUT2D eigenvalue weighted by Gasteiger charge is 2.25. The fourth-order valence-corrected chi connectivity index (χ4v) is 3.06. The van der Waals surface area contributed by atoms with Gasteiger partial charge in [0, 0.05) is 18.2 Å². The molecular weight excluding hydrogens is 306 g/mol. The van der Waals surface area contributed by atoms with Crippen LogP contribution in [0.5, 0.6) is 5.75 Å². The Bertz CT molecular complexity index is 705. The Morgan fingerprint density at radius 3 is 2.04 bits per heavy atom. The van der Waals surface area contributed by atoms with Crippen molar-refractivity contribution in [1.82, 2.24) is 5.32 Å². The quantitative estimate of drug-likeness (QED) is 0.733. The van der Waals surface area contributed by atoms with Gasteiger partial charge in [0.25, 0.3) is 0 Å². The van der Waals surface area contributed by atoms with Crippen molar-refractivity contribution in [3.63, 3.8) is 0 Å². The molecule has 0 heterocycles. The number of rotatable bonds is 4. The van der Waals surface area contributed by atoms with Crippen molar-refractivity contribution in [3.05, 3.63) is 64.7 Å². The van der Waals surface area contributed by atoms with Crippen LogP contribution in [0, 0.1) is 0 Å². The van der Waals surface area contributed by atoms with Gasteiger partial charge in [0.15, 0.2) is 0 Å². The molecule has 0 aliphatic rings. The summed E-state index contributed by atoms with van der Waals surface area (Å²) >= 11 is 0. The van der Waals surface area contributed by atoms with E-state index in [9.17, 15) is 5.11 Å². The summed E-state index contributed by atoms with van der Waals surface area (Å²) in [5.41, 5.74) is 4.64. The second-order valence-corrected chi connectivity index (χ2v) is 9.03. The smallest absolute Gasteiger partial charge is 0.120 e. The van der Waals surface area contributed by atoms with Gasteiger partial charge in [0.1, 0.15) is 5.75 Å². The third kappa shape index (κ3) is 4.85. The maximum atomic E-state index is 10.7. The highest BCUT2D eigenvalue weighted by molar-refractivity contribution is 5.48. The molecule has 2 heteroatoms. The number of hydrogen-bond donors (Lipinski definition) is 2. The largest absolute Gasteiger partial charge is 0.508 e. The van der Waals surface area contributed by atoms with Crippen molar-refractivity contribution in [3.8, 4) is 5.75 Å². The lowest BCUT2D eigenvalue weighted by atomic mass is 9.78. The second kappa shape index (κ2) is 7.21. The monoisotopic (exact) mass is 339 g/mol. The maximum Gasteiger partial charge on any atom is 0.120 e. The second-order valence-electron chi connectivity index (χ2n) is 9.03. The Labute approximate surface area is 153 Å². The van der Waals surface area contributed by atoms with Crippen molar-refractivity contribution in [1.29, 1.82) is 0 Å². The molecule has 1 atom stereocenters. The van der Waals surface area contributed by atoms with Crippen LogP contribution in [0.15, 0.2) is 42.5 Å². The van der Waals surface area contributed by atoms with E-state index in [2.05, 4.69) is 84.1 Å². The number of benzene rings is 2. The number of aromatic hydroxyl groups is 1. The molecule has 0 radical (unpaired) electrons. The lowest BCUT2D eigenvalue weighted by Crippen LogP contribution is -2.23. The third-order valence-corrected chi connectivity index (χ3v) is 4.79. The summed E-state index contributed by atoms with van der Waals surface area (Å²) in [4.78, 5) is 0. The SMILES string of the molecule is C[C@@H](NCc1c(O)cc(C(C)(C)C)cc1C(C)(C)C)c1ccccc1. The van der Waals surface area contributed by atoms with Crippen molar-refractivity contribution >= 4 is 0 Å². The molecule has 0 amide bonds. The minimum absolute atomic E-state index is 0.0147. The van der Waals surface area contributed by atoms with E-state index in [4.69, 9.17) is 0 Å². The van der Waals surface area contributed by atoms with E-state index in [1.807, 2.05) is 12.1 Å². The minimum atomic E-state index is -0.0221. The van der Waals surface area contributed by atoms with Crippen LogP contribution in [0.25, 0.3) is 0 Å². The van der Waals surface area contributed by atoms with E-state index < -0.39 is 0 Å². The van der Waals surface area contributed by atoms with Gasteiger partial charge in [-0.05, 0) is 40.5 Å². The summed E-state index contributed by atoms with van der Waals surface area (Å²) in [5.74, 6) is 0.394. The van der Waals surface area contributed by atoms with Crippen LogP contribution in [0.2, 0.25) is 0 Å². The van der Waals surface area contributed by atoms with Crippen LogP contribution in [-0.2, 0) is 17.4 Å². The standard InChI is InChI=1S/C23H33NO/c1-16(17-11-9-8-10-12-17)24-15-19-20(23(5,6)7)13-18(14-21(19)25)22(2,3)4/h8-14,16,24-25H,15H2,1-7H3/t16-/m1/s1. The first-order chi connectivity index (χ1) is 11.5. The summed E-state index contributed by atoms with van der Waals surface area (Å²) in [5, 5.41) is 14.3. The zero-order valence-electron chi connectivity index (χ0n) is 16.8. The zero-order chi connectivity index (χ0) is 18.8. The molecule has 2 nitrogen and oxygen atoms in total. The van der Waals surface area contributed by atoms with E-state index in [1.165, 1.54) is 16.7 Å². The van der Waals surface area contributed by atoms with Crippen LogP contribution in [0.3, 0.4) is 0 Å². The summed E-state index contributed by atoms with van der Waals surface area (Å²) in [6.07, 6.45) is 0. The van der Waals surface area contributed by atoms with Gasteiger partial charge in [-0.25, -0.2) is 0 Å². The molecule has 0 fully saturated rings. The van der Waals surface area contributed by atoms with E-state index in [0.717, 1.165) is 5.56 Å². The van der Waals surface area contributed by atoms with E-state index in [1.54, 1.807) is 0 Å². The first-order valence-corrected chi connectivity index (χ1v) is 9.15. The van der Waals surface area contributed by atoms with Gasteiger partial charge >= 0.3 is 0 Å². The fourth-order valence-electron chi connectivity index (χ4n) is 3.06. The van der Waals surface area contributed by atoms with Gasteiger partial charge < -0.3 is 10.4 Å².